The van der Waals surface area contributed by atoms with Crippen molar-refractivity contribution in [3.63, 3.8) is 0 Å². The smallest absolute Gasteiger partial charge is 0.303 e. The molecule has 0 aromatic heterocycles. The van der Waals surface area contributed by atoms with Crippen molar-refractivity contribution >= 4 is 29.5 Å². The second-order valence-electron chi connectivity index (χ2n) is 4.17. The average molecular weight is 311 g/mol. The Balaban J connectivity index is 2.90. The van der Waals surface area contributed by atoms with Gasteiger partial charge in [-0.1, -0.05) is 11.6 Å². The van der Waals surface area contributed by atoms with Gasteiger partial charge in [-0.3, -0.25) is 14.4 Å². The number of alkyl halides is 1. The van der Waals surface area contributed by atoms with Crippen molar-refractivity contribution in [1.82, 2.24) is 0 Å². The Morgan fingerprint density at radius 2 is 1.70 bits per heavy atom. The summed E-state index contributed by atoms with van der Waals surface area (Å²) < 4.78 is 19.5. The summed E-state index contributed by atoms with van der Waals surface area (Å²) in [6.07, 6.45) is -3.70. The molecule has 1 fully saturated rings. The van der Waals surface area contributed by atoms with Gasteiger partial charge in [0.15, 0.2) is 6.10 Å². The Morgan fingerprint density at radius 1 is 1.15 bits per heavy atom. The van der Waals surface area contributed by atoms with Crippen LogP contribution in [0.5, 0.6) is 0 Å². The molecule has 0 aliphatic carbocycles. The Kier molecular flexibility index (Phi) is 5.32. The number of hydrogen-bond donors (Lipinski definition) is 1. The normalized spacial score (nSPS) is 32.5. The van der Waals surface area contributed by atoms with Crippen molar-refractivity contribution in [2.75, 3.05) is 6.61 Å². The zero-order valence-electron chi connectivity index (χ0n) is 11.1. The van der Waals surface area contributed by atoms with Gasteiger partial charge >= 0.3 is 17.9 Å². The largest absolute Gasteiger partial charge is 0.463 e. The number of aliphatic hydroxyl groups is 1. The van der Waals surface area contributed by atoms with Gasteiger partial charge < -0.3 is 24.1 Å². The standard InChI is InChI=1S/C11H15ClO8/c1-5(13)17-4-8-9(18-6(2)14)10(19-7(3)15)11(12,16)20-8/h8-10,16H,4H2,1-3H3/t8-,9-,10-,11+/m1/s1. The fraction of sp³-hybridized carbons (Fsp3) is 0.727. The molecular formula is C11H15ClO8. The van der Waals surface area contributed by atoms with E-state index >= 15 is 0 Å². The summed E-state index contributed by atoms with van der Waals surface area (Å²) in [5.41, 5.74) is 0. The van der Waals surface area contributed by atoms with Gasteiger partial charge in [0, 0.05) is 20.8 Å². The van der Waals surface area contributed by atoms with E-state index in [1.54, 1.807) is 0 Å². The van der Waals surface area contributed by atoms with Crippen LogP contribution in [0.3, 0.4) is 0 Å². The maximum atomic E-state index is 11.1. The van der Waals surface area contributed by atoms with Crippen LogP contribution in [0.1, 0.15) is 20.8 Å². The topological polar surface area (TPSA) is 108 Å². The van der Waals surface area contributed by atoms with Crippen molar-refractivity contribution in [2.24, 2.45) is 0 Å². The molecule has 20 heavy (non-hydrogen) atoms. The van der Waals surface area contributed by atoms with E-state index in [4.69, 9.17) is 30.5 Å². The van der Waals surface area contributed by atoms with Gasteiger partial charge in [-0.25, -0.2) is 0 Å². The minimum atomic E-state index is -2.38. The first-order valence-electron chi connectivity index (χ1n) is 5.70. The van der Waals surface area contributed by atoms with Crippen LogP contribution >= 0.6 is 11.6 Å². The van der Waals surface area contributed by atoms with E-state index in [-0.39, 0.29) is 6.61 Å². The van der Waals surface area contributed by atoms with Gasteiger partial charge in [-0.05, 0) is 0 Å². The third-order valence-corrected chi connectivity index (χ3v) is 2.68. The van der Waals surface area contributed by atoms with E-state index < -0.39 is 41.5 Å². The van der Waals surface area contributed by atoms with Crippen molar-refractivity contribution < 1.29 is 38.4 Å². The lowest BCUT2D eigenvalue weighted by Gasteiger charge is -2.24. The monoisotopic (exact) mass is 310 g/mol. The third-order valence-electron chi connectivity index (χ3n) is 2.38. The maximum absolute atomic E-state index is 11.1. The molecule has 0 aromatic carbocycles. The van der Waals surface area contributed by atoms with Crippen LogP contribution in [-0.2, 0) is 33.3 Å². The highest BCUT2D eigenvalue weighted by atomic mass is 35.5. The zero-order chi connectivity index (χ0) is 15.5. The van der Waals surface area contributed by atoms with E-state index in [2.05, 4.69) is 0 Å². The number of rotatable bonds is 4. The summed E-state index contributed by atoms with van der Waals surface area (Å²) in [6.45, 7) is 3.07. The van der Waals surface area contributed by atoms with Crippen LogP contribution in [0.2, 0.25) is 0 Å². The summed E-state index contributed by atoms with van der Waals surface area (Å²) in [7, 11) is 0. The molecule has 1 rings (SSSR count). The molecule has 1 aliphatic rings. The molecule has 0 saturated carbocycles. The maximum Gasteiger partial charge on any atom is 0.303 e. The van der Waals surface area contributed by atoms with E-state index in [1.165, 1.54) is 6.92 Å². The third kappa shape index (κ3) is 4.32. The first kappa shape index (κ1) is 16.7. The number of ether oxygens (including phenoxy) is 4. The van der Waals surface area contributed by atoms with Crippen molar-refractivity contribution in [1.29, 1.82) is 0 Å². The highest BCUT2D eigenvalue weighted by Crippen LogP contribution is 2.36. The van der Waals surface area contributed by atoms with Gasteiger partial charge in [-0.2, -0.15) is 0 Å². The fourth-order valence-electron chi connectivity index (χ4n) is 1.72. The molecule has 0 radical (unpaired) electrons. The van der Waals surface area contributed by atoms with Crippen LogP contribution in [-0.4, -0.2) is 53.2 Å². The molecule has 0 spiro atoms. The van der Waals surface area contributed by atoms with Crippen LogP contribution in [0.25, 0.3) is 0 Å². The fourth-order valence-corrected chi connectivity index (χ4v) is 2.00. The summed E-state index contributed by atoms with van der Waals surface area (Å²) in [4.78, 5) is 32.9. The van der Waals surface area contributed by atoms with E-state index in [0.717, 1.165) is 13.8 Å². The minimum Gasteiger partial charge on any atom is -0.463 e. The SMILES string of the molecule is CC(=O)OC[C@H]1O[C@](O)(Cl)[C@H](OC(C)=O)[C@@H]1OC(C)=O. The molecule has 1 heterocycles. The molecule has 0 bridgehead atoms. The van der Waals surface area contributed by atoms with Crippen molar-refractivity contribution in [2.45, 2.75) is 44.3 Å². The van der Waals surface area contributed by atoms with Crippen LogP contribution in [0, 0.1) is 0 Å². The summed E-state index contributed by atoms with van der Waals surface area (Å²) >= 11 is 5.69. The van der Waals surface area contributed by atoms with Crippen LogP contribution in [0.15, 0.2) is 0 Å². The zero-order valence-corrected chi connectivity index (χ0v) is 11.9. The minimum absolute atomic E-state index is 0.319. The molecule has 0 unspecified atom stereocenters. The molecule has 9 heteroatoms. The summed E-state index contributed by atoms with van der Waals surface area (Å²) in [5, 5.41) is 7.48. The highest BCUT2D eigenvalue weighted by molar-refractivity contribution is 6.22. The van der Waals surface area contributed by atoms with Crippen LogP contribution in [0.4, 0.5) is 0 Å². The Hall–Kier alpha value is -1.38. The first-order valence-corrected chi connectivity index (χ1v) is 6.08. The molecule has 0 aromatic rings. The molecule has 0 amide bonds. The van der Waals surface area contributed by atoms with Crippen LogP contribution < -0.4 is 0 Å². The molecule has 1 saturated heterocycles. The van der Waals surface area contributed by atoms with Gasteiger partial charge in [0.05, 0.1) is 0 Å². The average Bonchev–Trinajstić information content (AvgIpc) is 2.48. The van der Waals surface area contributed by atoms with Gasteiger partial charge in [0.2, 0.25) is 6.10 Å². The number of esters is 3. The second-order valence-corrected chi connectivity index (χ2v) is 4.71. The number of hydrogen-bond acceptors (Lipinski definition) is 8. The molecular weight excluding hydrogens is 296 g/mol. The Bertz CT molecular complexity index is 407. The van der Waals surface area contributed by atoms with Gasteiger partial charge in [0.25, 0.3) is 5.25 Å². The predicted molar refractivity (Wildman–Crippen MR) is 63.4 cm³/mol. The lowest BCUT2D eigenvalue weighted by atomic mass is 10.1. The Morgan fingerprint density at radius 3 is 2.15 bits per heavy atom. The summed E-state index contributed by atoms with van der Waals surface area (Å²) in [6, 6.07) is 0. The van der Waals surface area contributed by atoms with E-state index in [9.17, 15) is 19.5 Å². The molecule has 1 N–H and O–H groups in total. The van der Waals surface area contributed by atoms with Crippen molar-refractivity contribution in [3.05, 3.63) is 0 Å². The van der Waals surface area contributed by atoms with E-state index in [0.29, 0.717) is 0 Å². The highest BCUT2D eigenvalue weighted by Gasteiger charge is 2.58. The molecule has 1 aliphatic heterocycles. The second kappa shape index (κ2) is 6.38. The first-order chi connectivity index (χ1) is 9.13. The molecule has 8 nitrogen and oxygen atoms in total. The number of carbonyl (C=O) groups excluding carboxylic acids is 3. The summed E-state index contributed by atoms with van der Waals surface area (Å²) in [5.74, 6) is -2.04. The quantitative estimate of drug-likeness (QED) is 0.428. The lowest BCUT2D eigenvalue weighted by molar-refractivity contribution is -0.191. The van der Waals surface area contributed by atoms with Gasteiger partial charge in [0.1, 0.15) is 12.7 Å². The number of carbonyl (C=O) groups is 3. The van der Waals surface area contributed by atoms with Crippen molar-refractivity contribution in [3.8, 4) is 0 Å². The predicted octanol–water partition coefficient (Wildman–Crippen LogP) is -0.303. The number of halogens is 1. The lowest BCUT2D eigenvalue weighted by Crippen LogP contribution is -2.44. The van der Waals surface area contributed by atoms with E-state index in [1.807, 2.05) is 0 Å². The molecule has 4 atom stereocenters. The molecule has 114 valence electrons. The Labute approximate surface area is 119 Å². The van der Waals surface area contributed by atoms with Gasteiger partial charge in [-0.15, -0.1) is 0 Å².